The molecule has 0 saturated carbocycles. The minimum atomic E-state index is -0.880. The molecule has 47 heavy (non-hydrogen) atoms. The lowest BCUT2D eigenvalue weighted by molar-refractivity contribution is -0.122. The molecule has 240 valence electrons. The van der Waals surface area contributed by atoms with Crippen molar-refractivity contribution in [1.29, 1.82) is 0 Å². The van der Waals surface area contributed by atoms with E-state index in [2.05, 4.69) is 46.2 Å². The number of halogens is 2. The average Bonchev–Trinajstić information content (AvgIpc) is 3.74. The van der Waals surface area contributed by atoms with Gasteiger partial charge in [0.2, 0.25) is 11.8 Å². The molecule has 2 heterocycles. The van der Waals surface area contributed by atoms with Gasteiger partial charge in [0.1, 0.15) is 23.0 Å². The minimum absolute atomic E-state index is 0.135. The van der Waals surface area contributed by atoms with Crippen LogP contribution in [-0.2, 0) is 20.9 Å². The van der Waals surface area contributed by atoms with Gasteiger partial charge < -0.3 is 20.4 Å². The number of tetrazole rings is 1. The Labute approximate surface area is 279 Å². The van der Waals surface area contributed by atoms with Gasteiger partial charge in [-0.15, -0.1) is 5.10 Å². The molecule has 0 aliphatic heterocycles. The largest absolute Gasteiger partial charge is 0.453 e. The summed E-state index contributed by atoms with van der Waals surface area (Å²) in [4.78, 5) is 45.6. The van der Waals surface area contributed by atoms with E-state index in [1.54, 1.807) is 48.5 Å². The first kappa shape index (κ1) is 32.9. The van der Waals surface area contributed by atoms with Crippen LogP contribution in [0.4, 0.5) is 10.5 Å². The predicted octanol–water partition coefficient (Wildman–Crippen LogP) is 5.42. The quantitative estimate of drug-likeness (QED) is 0.135. The fourth-order valence-electron chi connectivity index (χ4n) is 4.51. The number of methoxy groups -OCH3 is 1. The van der Waals surface area contributed by atoms with E-state index in [9.17, 15) is 14.4 Å². The molecule has 3 amide bonds. The van der Waals surface area contributed by atoms with Crippen molar-refractivity contribution < 1.29 is 19.1 Å². The molecule has 0 spiro atoms. The van der Waals surface area contributed by atoms with Crippen LogP contribution < -0.4 is 16.0 Å². The van der Waals surface area contributed by atoms with Crippen molar-refractivity contribution in [3.8, 4) is 16.9 Å². The fraction of sp³-hybridized carbons (Fsp3) is 0.156. The van der Waals surface area contributed by atoms with Crippen LogP contribution in [-0.4, -0.2) is 55.2 Å². The van der Waals surface area contributed by atoms with Crippen LogP contribution in [0.1, 0.15) is 35.0 Å². The Morgan fingerprint density at radius 3 is 2.51 bits per heavy atom. The number of nitrogens with one attached hydrogen (secondary N) is 4. The maximum atomic E-state index is 13.3. The van der Waals surface area contributed by atoms with Gasteiger partial charge in [0.05, 0.1) is 25.3 Å². The SMILES string of the molecule is COC(=O)Nc1ccc(-c2nc([C@H](CC(=O)NCc3ccc(C)cc3)NC(=O)C=Cc3cc(Cl)ccc3-n3cnnn3)[nH]c2Cl)cc1. The molecular formula is C32H29Cl2N9O4. The Bertz CT molecular complexity index is 1890. The number of benzene rings is 3. The summed E-state index contributed by atoms with van der Waals surface area (Å²) in [7, 11) is 1.27. The molecule has 5 rings (SSSR count). The molecule has 4 N–H and O–H groups in total. The maximum absolute atomic E-state index is 13.3. The smallest absolute Gasteiger partial charge is 0.411 e. The van der Waals surface area contributed by atoms with E-state index in [1.807, 2.05) is 31.2 Å². The summed E-state index contributed by atoms with van der Waals surface area (Å²) in [5, 5.41) is 20.2. The number of carbonyl (C=O) groups is 3. The number of aryl methyl sites for hydroxylation is 1. The van der Waals surface area contributed by atoms with E-state index >= 15 is 0 Å². The molecule has 0 aliphatic carbocycles. The van der Waals surface area contributed by atoms with Crippen LogP contribution in [0.3, 0.4) is 0 Å². The van der Waals surface area contributed by atoms with Crippen molar-refractivity contribution in [3.63, 3.8) is 0 Å². The van der Waals surface area contributed by atoms with Crippen LogP contribution in [0, 0.1) is 6.92 Å². The number of H-pyrrole nitrogens is 1. The Morgan fingerprint density at radius 1 is 1.04 bits per heavy atom. The molecule has 2 aromatic heterocycles. The fourth-order valence-corrected chi connectivity index (χ4v) is 4.94. The third kappa shape index (κ3) is 8.81. The summed E-state index contributed by atoms with van der Waals surface area (Å²) >= 11 is 12.8. The van der Waals surface area contributed by atoms with Crippen LogP contribution in [0.5, 0.6) is 0 Å². The standard InChI is InChI=1S/C32H29Cl2N9O4/c1-19-3-5-20(6-4-19)17-35-28(45)16-25(31-39-29(30(34)40-31)21-7-11-24(12-8-21)37-32(46)47-2)38-27(44)14-9-22-15-23(33)10-13-26(22)43-18-36-41-42-43/h3-15,18,25H,16-17H2,1-2H3,(H,35,45)(H,37,46)(H,38,44)(H,39,40)/t25-/m0/s1. The maximum Gasteiger partial charge on any atom is 0.411 e. The molecule has 13 nitrogen and oxygen atoms in total. The number of imidazole rings is 1. The number of aromatic amines is 1. The van der Waals surface area contributed by atoms with Crippen LogP contribution >= 0.6 is 23.2 Å². The molecule has 0 aliphatic rings. The molecular weight excluding hydrogens is 645 g/mol. The molecule has 5 aromatic rings. The van der Waals surface area contributed by atoms with Gasteiger partial charge in [-0.1, -0.05) is 65.2 Å². The number of nitrogens with zero attached hydrogens (tertiary/aromatic N) is 5. The second-order valence-electron chi connectivity index (χ2n) is 10.3. The summed E-state index contributed by atoms with van der Waals surface area (Å²) in [6, 6.07) is 18.8. The minimum Gasteiger partial charge on any atom is -0.453 e. The van der Waals surface area contributed by atoms with Gasteiger partial charge in [0.15, 0.2) is 0 Å². The van der Waals surface area contributed by atoms with Crippen molar-refractivity contribution >= 4 is 52.9 Å². The molecule has 1 atom stereocenters. The van der Waals surface area contributed by atoms with Gasteiger partial charge in [-0.3, -0.25) is 14.9 Å². The number of hydrogen-bond acceptors (Lipinski definition) is 8. The number of rotatable bonds is 11. The highest BCUT2D eigenvalue weighted by Gasteiger charge is 2.23. The van der Waals surface area contributed by atoms with E-state index in [1.165, 1.54) is 24.2 Å². The number of ether oxygens (including phenoxy) is 1. The van der Waals surface area contributed by atoms with Crippen LogP contribution in [0.25, 0.3) is 23.0 Å². The zero-order chi connectivity index (χ0) is 33.3. The van der Waals surface area contributed by atoms with Gasteiger partial charge in [-0.2, -0.15) is 4.68 Å². The van der Waals surface area contributed by atoms with Gasteiger partial charge in [0, 0.05) is 34.5 Å². The summed E-state index contributed by atoms with van der Waals surface area (Å²) in [6.07, 6.45) is 3.57. The Hall–Kier alpha value is -5.53. The molecule has 0 bridgehead atoms. The third-order valence-electron chi connectivity index (χ3n) is 6.91. The van der Waals surface area contributed by atoms with Crippen LogP contribution in [0.15, 0.2) is 79.1 Å². The summed E-state index contributed by atoms with van der Waals surface area (Å²) in [5.74, 6) is -0.551. The Kier molecular flexibility index (Phi) is 10.6. The van der Waals surface area contributed by atoms with E-state index in [0.29, 0.717) is 39.8 Å². The predicted molar refractivity (Wildman–Crippen MR) is 177 cm³/mol. The number of amides is 3. The number of aromatic nitrogens is 6. The third-order valence-corrected chi connectivity index (χ3v) is 7.42. The Balaban J connectivity index is 1.37. The molecule has 0 fully saturated rings. The van der Waals surface area contributed by atoms with E-state index < -0.39 is 18.0 Å². The zero-order valence-electron chi connectivity index (χ0n) is 25.2. The highest BCUT2D eigenvalue weighted by molar-refractivity contribution is 6.32. The summed E-state index contributed by atoms with van der Waals surface area (Å²) < 4.78 is 6.07. The van der Waals surface area contributed by atoms with Gasteiger partial charge in [-0.25, -0.2) is 9.78 Å². The molecule has 3 aromatic carbocycles. The van der Waals surface area contributed by atoms with Crippen molar-refractivity contribution in [1.82, 2.24) is 40.8 Å². The highest BCUT2D eigenvalue weighted by Crippen LogP contribution is 2.29. The number of hydrogen-bond donors (Lipinski definition) is 4. The van der Waals surface area contributed by atoms with Crippen molar-refractivity contribution in [2.75, 3.05) is 12.4 Å². The molecule has 0 radical (unpaired) electrons. The first-order chi connectivity index (χ1) is 22.7. The number of carbonyl (C=O) groups excluding carboxylic acids is 3. The lowest BCUT2D eigenvalue weighted by Gasteiger charge is -2.16. The Morgan fingerprint density at radius 2 is 1.81 bits per heavy atom. The monoisotopic (exact) mass is 673 g/mol. The second-order valence-corrected chi connectivity index (χ2v) is 11.1. The number of anilines is 1. The second kappa shape index (κ2) is 15.2. The van der Waals surface area contributed by atoms with Crippen LogP contribution in [0.2, 0.25) is 10.2 Å². The van der Waals surface area contributed by atoms with Crippen molar-refractivity contribution in [2.45, 2.75) is 25.9 Å². The average molecular weight is 675 g/mol. The topological polar surface area (TPSA) is 169 Å². The first-order valence-corrected chi connectivity index (χ1v) is 15.0. The van der Waals surface area contributed by atoms with Gasteiger partial charge >= 0.3 is 6.09 Å². The highest BCUT2D eigenvalue weighted by atomic mass is 35.5. The van der Waals surface area contributed by atoms with Crippen molar-refractivity contribution in [3.05, 3.63) is 112 Å². The normalized spacial score (nSPS) is 11.7. The molecule has 15 heteroatoms. The molecule has 0 saturated heterocycles. The summed E-state index contributed by atoms with van der Waals surface area (Å²) in [6.45, 7) is 2.30. The molecule has 0 unspecified atom stereocenters. The van der Waals surface area contributed by atoms with Crippen molar-refractivity contribution in [2.24, 2.45) is 0 Å². The van der Waals surface area contributed by atoms with Gasteiger partial charge in [0.25, 0.3) is 0 Å². The summed E-state index contributed by atoms with van der Waals surface area (Å²) in [5.41, 5.74) is 4.77. The van der Waals surface area contributed by atoms with Gasteiger partial charge in [-0.05, 0) is 59.3 Å². The first-order valence-electron chi connectivity index (χ1n) is 14.2. The van der Waals surface area contributed by atoms with E-state index in [0.717, 1.165) is 11.1 Å². The lowest BCUT2D eigenvalue weighted by Crippen LogP contribution is -2.33. The van der Waals surface area contributed by atoms with E-state index in [4.69, 9.17) is 23.2 Å². The zero-order valence-corrected chi connectivity index (χ0v) is 26.7. The van der Waals surface area contributed by atoms with E-state index in [-0.39, 0.29) is 23.3 Å². The lowest BCUT2D eigenvalue weighted by atomic mass is 10.1.